The predicted octanol–water partition coefficient (Wildman–Crippen LogP) is 1.04. The van der Waals surface area contributed by atoms with Gasteiger partial charge in [0, 0.05) is 45.7 Å². The molecule has 1 aromatic carbocycles. The van der Waals surface area contributed by atoms with Crippen molar-refractivity contribution in [2.24, 2.45) is 0 Å². The van der Waals surface area contributed by atoms with Crippen molar-refractivity contribution in [3.8, 4) is 11.8 Å². The SMILES string of the molecule is COc1ccc2nc(N3CCN(S(=O)(=O)N(C)C)CC3)c(C#N)cc2c1. The summed E-state index contributed by atoms with van der Waals surface area (Å²) in [4.78, 5) is 6.60. The van der Waals surface area contributed by atoms with Crippen LogP contribution in [-0.4, -0.2) is 69.4 Å². The van der Waals surface area contributed by atoms with E-state index >= 15 is 0 Å². The summed E-state index contributed by atoms with van der Waals surface area (Å²) in [6, 6.07) is 9.51. The largest absolute Gasteiger partial charge is 0.497 e. The maximum Gasteiger partial charge on any atom is 0.281 e. The average molecular weight is 375 g/mol. The van der Waals surface area contributed by atoms with E-state index < -0.39 is 10.2 Å². The number of rotatable bonds is 4. The number of benzene rings is 1. The fraction of sp³-hybridized carbons (Fsp3) is 0.412. The monoisotopic (exact) mass is 375 g/mol. The van der Waals surface area contributed by atoms with Crippen LogP contribution in [0.25, 0.3) is 10.9 Å². The molecule has 8 nitrogen and oxygen atoms in total. The van der Waals surface area contributed by atoms with Crippen LogP contribution in [-0.2, 0) is 10.2 Å². The number of methoxy groups -OCH3 is 1. The van der Waals surface area contributed by atoms with E-state index in [4.69, 9.17) is 4.74 Å². The third-order valence-corrected chi connectivity index (χ3v) is 6.39. The summed E-state index contributed by atoms with van der Waals surface area (Å²) < 4.78 is 32.4. The van der Waals surface area contributed by atoms with Gasteiger partial charge in [-0.05, 0) is 24.3 Å². The van der Waals surface area contributed by atoms with Gasteiger partial charge in [0.1, 0.15) is 17.6 Å². The molecule has 3 rings (SSSR count). The standard InChI is InChI=1S/C17H21N5O3S/c1-20(2)26(23,24)22-8-6-21(7-9-22)17-14(12-18)10-13-11-15(25-3)4-5-16(13)19-17/h4-5,10-11H,6-9H2,1-3H3. The van der Waals surface area contributed by atoms with Gasteiger partial charge < -0.3 is 9.64 Å². The number of aromatic nitrogens is 1. The predicted molar refractivity (Wildman–Crippen MR) is 99.4 cm³/mol. The molecular weight excluding hydrogens is 354 g/mol. The van der Waals surface area contributed by atoms with Crippen molar-refractivity contribution < 1.29 is 13.2 Å². The molecule has 0 atom stereocenters. The maximum atomic E-state index is 12.2. The lowest BCUT2D eigenvalue weighted by molar-refractivity contribution is 0.355. The second kappa shape index (κ2) is 7.07. The molecule has 0 unspecified atom stereocenters. The Morgan fingerprint density at radius 3 is 2.46 bits per heavy atom. The second-order valence-corrected chi connectivity index (χ2v) is 8.35. The summed E-state index contributed by atoms with van der Waals surface area (Å²) in [5.74, 6) is 1.30. The fourth-order valence-corrected chi connectivity index (χ4v) is 4.04. The minimum absolute atomic E-state index is 0.355. The Morgan fingerprint density at radius 1 is 1.19 bits per heavy atom. The van der Waals surface area contributed by atoms with Crippen molar-refractivity contribution in [3.63, 3.8) is 0 Å². The van der Waals surface area contributed by atoms with Crippen LogP contribution in [0.5, 0.6) is 5.75 Å². The van der Waals surface area contributed by atoms with Crippen LogP contribution in [0.3, 0.4) is 0 Å². The highest BCUT2D eigenvalue weighted by Gasteiger charge is 2.29. The highest BCUT2D eigenvalue weighted by molar-refractivity contribution is 7.86. The normalized spacial score (nSPS) is 16.0. The number of piperazine rings is 1. The minimum atomic E-state index is -3.42. The summed E-state index contributed by atoms with van der Waals surface area (Å²) in [5, 5.41) is 10.4. The Hall–Kier alpha value is -2.41. The topological polar surface area (TPSA) is 89.8 Å². The van der Waals surface area contributed by atoms with Crippen LogP contribution in [0.1, 0.15) is 5.56 Å². The third kappa shape index (κ3) is 3.31. The van der Waals surface area contributed by atoms with Crippen LogP contribution in [0, 0.1) is 11.3 Å². The summed E-state index contributed by atoms with van der Waals surface area (Å²) in [7, 11) is 1.21. The average Bonchev–Trinajstić information content (AvgIpc) is 2.66. The number of anilines is 1. The van der Waals surface area contributed by atoms with Gasteiger partial charge in [0.15, 0.2) is 0 Å². The van der Waals surface area contributed by atoms with Gasteiger partial charge >= 0.3 is 0 Å². The van der Waals surface area contributed by atoms with Gasteiger partial charge in [0.2, 0.25) is 0 Å². The van der Waals surface area contributed by atoms with Crippen LogP contribution in [0.4, 0.5) is 5.82 Å². The molecule has 0 bridgehead atoms. The van der Waals surface area contributed by atoms with Crippen molar-refractivity contribution in [1.29, 1.82) is 5.26 Å². The van der Waals surface area contributed by atoms with Crippen molar-refractivity contribution in [2.75, 3.05) is 52.3 Å². The molecule has 0 spiro atoms. The number of hydrogen-bond acceptors (Lipinski definition) is 6. The molecule has 0 aliphatic carbocycles. The highest BCUT2D eigenvalue weighted by atomic mass is 32.2. The van der Waals surface area contributed by atoms with Crippen molar-refractivity contribution in [3.05, 3.63) is 29.8 Å². The van der Waals surface area contributed by atoms with Gasteiger partial charge in [0.05, 0.1) is 18.2 Å². The van der Waals surface area contributed by atoms with Crippen LogP contribution in [0.2, 0.25) is 0 Å². The first kappa shape index (κ1) is 18.4. The molecule has 0 N–H and O–H groups in total. The summed E-state index contributed by atoms with van der Waals surface area (Å²) >= 11 is 0. The van der Waals surface area contributed by atoms with Gasteiger partial charge in [-0.15, -0.1) is 0 Å². The molecule has 1 aliphatic heterocycles. The van der Waals surface area contributed by atoms with E-state index in [-0.39, 0.29) is 0 Å². The van der Waals surface area contributed by atoms with Crippen molar-refractivity contribution in [1.82, 2.24) is 13.6 Å². The lowest BCUT2D eigenvalue weighted by atomic mass is 10.1. The first-order chi connectivity index (χ1) is 12.4. The van der Waals surface area contributed by atoms with E-state index in [9.17, 15) is 13.7 Å². The lowest BCUT2D eigenvalue weighted by Gasteiger charge is -2.36. The molecule has 2 heterocycles. The highest BCUT2D eigenvalue weighted by Crippen LogP contribution is 2.27. The van der Waals surface area contributed by atoms with E-state index in [2.05, 4.69) is 11.1 Å². The zero-order valence-electron chi connectivity index (χ0n) is 15.0. The zero-order valence-corrected chi connectivity index (χ0v) is 15.8. The Kier molecular flexibility index (Phi) is 5.00. The number of hydrogen-bond donors (Lipinski definition) is 0. The Labute approximate surface area is 153 Å². The lowest BCUT2D eigenvalue weighted by Crippen LogP contribution is -2.52. The van der Waals surface area contributed by atoms with E-state index in [0.29, 0.717) is 43.3 Å². The Bertz CT molecular complexity index is 960. The van der Waals surface area contributed by atoms with Gasteiger partial charge in [0.25, 0.3) is 10.2 Å². The number of nitriles is 1. The van der Waals surface area contributed by atoms with Crippen molar-refractivity contribution >= 4 is 26.9 Å². The van der Waals surface area contributed by atoms with Gasteiger partial charge in [-0.2, -0.15) is 22.3 Å². The van der Waals surface area contributed by atoms with Crippen LogP contribution >= 0.6 is 0 Å². The third-order valence-electron chi connectivity index (χ3n) is 4.45. The quantitative estimate of drug-likeness (QED) is 0.793. The number of ether oxygens (including phenoxy) is 1. The molecule has 2 aromatic rings. The number of nitrogens with zero attached hydrogens (tertiary/aromatic N) is 5. The molecule has 26 heavy (non-hydrogen) atoms. The van der Waals surface area contributed by atoms with E-state index in [0.717, 1.165) is 10.9 Å². The Balaban J connectivity index is 1.88. The van der Waals surface area contributed by atoms with Crippen LogP contribution in [0.15, 0.2) is 24.3 Å². The molecule has 1 fully saturated rings. The number of fused-ring (bicyclic) bond motifs is 1. The number of pyridine rings is 1. The first-order valence-electron chi connectivity index (χ1n) is 8.18. The molecule has 9 heteroatoms. The molecule has 1 aromatic heterocycles. The van der Waals surface area contributed by atoms with Crippen LogP contribution < -0.4 is 9.64 Å². The second-order valence-electron chi connectivity index (χ2n) is 6.21. The Morgan fingerprint density at radius 2 is 1.88 bits per heavy atom. The molecule has 0 saturated carbocycles. The first-order valence-corrected chi connectivity index (χ1v) is 9.58. The fourth-order valence-electron chi connectivity index (χ4n) is 2.96. The summed E-state index contributed by atoms with van der Waals surface area (Å²) in [6.45, 7) is 1.67. The molecule has 0 amide bonds. The van der Waals surface area contributed by atoms with Gasteiger partial charge in [-0.1, -0.05) is 0 Å². The molecule has 0 radical (unpaired) electrons. The molecule has 1 saturated heterocycles. The minimum Gasteiger partial charge on any atom is -0.497 e. The smallest absolute Gasteiger partial charge is 0.281 e. The maximum absolute atomic E-state index is 12.2. The van der Waals surface area contributed by atoms with Gasteiger partial charge in [-0.3, -0.25) is 0 Å². The van der Waals surface area contributed by atoms with Crippen molar-refractivity contribution in [2.45, 2.75) is 0 Å². The molecule has 1 aliphatic rings. The van der Waals surface area contributed by atoms with Gasteiger partial charge in [-0.25, -0.2) is 4.98 Å². The van der Waals surface area contributed by atoms with E-state index in [1.165, 1.54) is 22.7 Å². The summed E-state index contributed by atoms with van der Waals surface area (Å²) in [6.07, 6.45) is 0. The molecule has 138 valence electrons. The van der Waals surface area contributed by atoms with E-state index in [1.807, 2.05) is 23.1 Å². The van der Waals surface area contributed by atoms with E-state index in [1.54, 1.807) is 13.2 Å². The zero-order chi connectivity index (χ0) is 18.9. The summed E-state index contributed by atoms with van der Waals surface area (Å²) in [5.41, 5.74) is 1.23. The molecular formula is C17H21N5O3S.